The van der Waals surface area contributed by atoms with E-state index in [9.17, 15) is 0 Å². The molecule has 1 heterocycles. The molecule has 19 heavy (non-hydrogen) atoms. The topological polar surface area (TPSA) is 49.9 Å². The number of aromatic amines is 1. The highest BCUT2D eigenvalue weighted by Crippen LogP contribution is 2.36. The van der Waals surface area contributed by atoms with Gasteiger partial charge in [-0.05, 0) is 50.5 Å². The van der Waals surface area contributed by atoms with Crippen molar-refractivity contribution in [2.24, 2.45) is 0 Å². The van der Waals surface area contributed by atoms with E-state index in [4.69, 9.17) is 4.74 Å². The average molecular weight is 259 g/mol. The first-order valence-electron chi connectivity index (χ1n) is 6.39. The summed E-state index contributed by atoms with van der Waals surface area (Å²) in [5, 5.41) is 10.7. The molecule has 102 valence electrons. The fourth-order valence-corrected chi connectivity index (χ4v) is 2.55. The monoisotopic (exact) mass is 259 g/mol. The van der Waals surface area contributed by atoms with E-state index in [1.807, 2.05) is 14.0 Å². The Kier molecular flexibility index (Phi) is 3.51. The van der Waals surface area contributed by atoms with E-state index in [-0.39, 0.29) is 0 Å². The molecule has 0 fully saturated rings. The van der Waals surface area contributed by atoms with Crippen LogP contribution in [0.3, 0.4) is 0 Å². The van der Waals surface area contributed by atoms with Crippen molar-refractivity contribution in [1.82, 2.24) is 10.2 Å². The molecule has 4 nitrogen and oxygen atoms in total. The Hall–Kier alpha value is -1.97. The number of aryl methyl sites for hydroxylation is 2. The molecule has 0 spiro atoms. The lowest BCUT2D eigenvalue weighted by Crippen LogP contribution is -1.98. The minimum atomic E-state index is 0.958. The predicted molar refractivity (Wildman–Crippen MR) is 79.1 cm³/mol. The normalized spacial score (nSPS) is 10.6. The standard InChI is InChI=1S/C15H21N3O/c1-8-7-12(9(2)10(3)15(8)19-6)14-13(16-5)11(4)17-18-14/h7,16H,1-6H3,(H,17,18). The number of aromatic nitrogens is 2. The van der Waals surface area contributed by atoms with Gasteiger partial charge in [-0.3, -0.25) is 5.10 Å². The first-order chi connectivity index (χ1) is 9.01. The van der Waals surface area contributed by atoms with Crippen molar-refractivity contribution >= 4 is 5.69 Å². The van der Waals surface area contributed by atoms with Crippen LogP contribution in [0.2, 0.25) is 0 Å². The van der Waals surface area contributed by atoms with Crippen LogP contribution in [-0.2, 0) is 0 Å². The van der Waals surface area contributed by atoms with E-state index in [2.05, 4.69) is 42.4 Å². The summed E-state index contributed by atoms with van der Waals surface area (Å²) in [5.74, 6) is 0.958. The van der Waals surface area contributed by atoms with Crippen LogP contribution in [0.1, 0.15) is 22.4 Å². The zero-order valence-corrected chi connectivity index (χ0v) is 12.4. The van der Waals surface area contributed by atoms with Crippen molar-refractivity contribution < 1.29 is 4.74 Å². The van der Waals surface area contributed by atoms with E-state index in [0.717, 1.165) is 34.0 Å². The zero-order valence-electron chi connectivity index (χ0n) is 12.4. The number of H-pyrrole nitrogens is 1. The summed E-state index contributed by atoms with van der Waals surface area (Å²) >= 11 is 0. The number of nitrogens with one attached hydrogen (secondary N) is 2. The molecule has 4 heteroatoms. The number of anilines is 1. The summed E-state index contributed by atoms with van der Waals surface area (Å²) in [4.78, 5) is 0. The van der Waals surface area contributed by atoms with E-state index >= 15 is 0 Å². The van der Waals surface area contributed by atoms with Gasteiger partial charge in [-0.1, -0.05) is 0 Å². The quantitative estimate of drug-likeness (QED) is 0.888. The summed E-state index contributed by atoms with van der Waals surface area (Å²) in [6.07, 6.45) is 0. The molecule has 0 aliphatic heterocycles. The largest absolute Gasteiger partial charge is 0.496 e. The third kappa shape index (κ3) is 2.07. The van der Waals surface area contributed by atoms with Crippen molar-refractivity contribution in [2.45, 2.75) is 27.7 Å². The van der Waals surface area contributed by atoms with Crippen LogP contribution >= 0.6 is 0 Å². The lowest BCUT2D eigenvalue weighted by molar-refractivity contribution is 0.408. The number of rotatable bonds is 3. The molecular weight excluding hydrogens is 238 g/mol. The summed E-state index contributed by atoms with van der Waals surface area (Å²) in [7, 11) is 3.63. The zero-order chi connectivity index (χ0) is 14.2. The van der Waals surface area contributed by atoms with Crippen LogP contribution < -0.4 is 10.1 Å². The van der Waals surface area contributed by atoms with Crippen LogP contribution in [0.25, 0.3) is 11.3 Å². The SMILES string of the molecule is CNc1c(-c2cc(C)c(OC)c(C)c2C)n[nH]c1C. The molecule has 0 radical (unpaired) electrons. The van der Waals surface area contributed by atoms with Crippen LogP contribution in [0.4, 0.5) is 5.69 Å². The fraction of sp³-hybridized carbons (Fsp3) is 0.400. The van der Waals surface area contributed by atoms with E-state index in [1.165, 1.54) is 11.1 Å². The second kappa shape index (κ2) is 4.96. The molecule has 0 bridgehead atoms. The molecule has 0 unspecified atom stereocenters. The highest BCUT2D eigenvalue weighted by molar-refractivity contribution is 5.80. The van der Waals surface area contributed by atoms with Gasteiger partial charge in [0.15, 0.2) is 0 Å². The van der Waals surface area contributed by atoms with Gasteiger partial charge in [-0.25, -0.2) is 0 Å². The minimum Gasteiger partial charge on any atom is -0.496 e. The van der Waals surface area contributed by atoms with Crippen LogP contribution in [0.15, 0.2) is 6.07 Å². The summed E-state index contributed by atoms with van der Waals surface area (Å²) in [6.45, 7) is 8.27. The maximum atomic E-state index is 5.47. The molecule has 2 N–H and O–H groups in total. The van der Waals surface area contributed by atoms with Gasteiger partial charge in [0.2, 0.25) is 0 Å². The molecule has 0 aliphatic rings. The van der Waals surface area contributed by atoms with Crippen molar-refractivity contribution in [2.75, 3.05) is 19.5 Å². The van der Waals surface area contributed by atoms with E-state index in [0.29, 0.717) is 0 Å². The number of nitrogens with zero attached hydrogens (tertiary/aromatic N) is 1. The van der Waals surface area contributed by atoms with E-state index in [1.54, 1.807) is 7.11 Å². The predicted octanol–water partition coefficient (Wildman–Crippen LogP) is 3.36. The number of benzene rings is 1. The average Bonchev–Trinajstić information content (AvgIpc) is 2.75. The molecule has 2 rings (SSSR count). The van der Waals surface area contributed by atoms with Gasteiger partial charge in [0, 0.05) is 12.6 Å². The Bertz CT molecular complexity index is 614. The maximum absolute atomic E-state index is 5.47. The molecule has 0 aliphatic carbocycles. The van der Waals surface area contributed by atoms with Crippen molar-refractivity contribution in [3.63, 3.8) is 0 Å². The van der Waals surface area contributed by atoms with Crippen molar-refractivity contribution in [3.05, 3.63) is 28.5 Å². The Morgan fingerprint density at radius 2 is 1.84 bits per heavy atom. The van der Waals surface area contributed by atoms with Crippen LogP contribution in [0.5, 0.6) is 5.75 Å². The van der Waals surface area contributed by atoms with Gasteiger partial charge in [0.05, 0.1) is 18.5 Å². The highest BCUT2D eigenvalue weighted by Gasteiger charge is 2.17. The van der Waals surface area contributed by atoms with Crippen molar-refractivity contribution in [3.8, 4) is 17.0 Å². The lowest BCUT2D eigenvalue weighted by Gasteiger charge is -2.15. The maximum Gasteiger partial charge on any atom is 0.124 e. The molecule has 2 aromatic rings. The molecule has 1 aromatic carbocycles. The van der Waals surface area contributed by atoms with E-state index < -0.39 is 0 Å². The molecule has 0 saturated carbocycles. The molecule has 0 amide bonds. The Morgan fingerprint density at radius 3 is 2.42 bits per heavy atom. The lowest BCUT2D eigenvalue weighted by atomic mass is 9.96. The summed E-state index contributed by atoms with van der Waals surface area (Å²) in [6, 6.07) is 2.14. The highest BCUT2D eigenvalue weighted by atomic mass is 16.5. The third-order valence-corrected chi connectivity index (χ3v) is 3.68. The molecule has 0 atom stereocenters. The second-order valence-electron chi connectivity index (χ2n) is 4.85. The van der Waals surface area contributed by atoms with Gasteiger partial charge in [-0.2, -0.15) is 5.10 Å². The molecule has 0 saturated heterocycles. The van der Waals surface area contributed by atoms with Crippen LogP contribution in [0, 0.1) is 27.7 Å². The van der Waals surface area contributed by atoms with Gasteiger partial charge < -0.3 is 10.1 Å². The van der Waals surface area contributed by atoms with Crippen LogP contribution in [-0.4, -0.2) is 24.4 Å². The summed E-state index contributed by atoms with van der Waals surface area (Å²) in [5.41, 5.74) is 7.69. The number of hydrogen-bond donors (Lipinski definition) is 2. The molecule has 1 aromatic heterocycles. The Morgan fingerprint density at radius 1 is 1.16 bits per heavy atom. The smallest absolute Gasteiger partial charge is 0.124 e. The molecular formula is C15H21N3O. The summed E-state index contributed by atoms with van der Waals surface area (Å²) < 4.78 is 5.47. The fourth-order valence-electron chi connectivity index (χ4n) is 2.55. The minimum absolute atomic E-state index is 0.958. The number of hydrogen-bond acceptors (Lipinski definition) is 3. The van der Waals surface area contributed by atoms with Gasteiger partial charge in [-0.15, -0.1) is 0 Å². The second-order valence-corrected chi connectivity index (χ2v) is 4.85. The Labute approximate surface area is 114 Å². The first-order valence-corrected chi connectivity index (χ1v) is 6.39. The van der Waals surface area contributed by atoms with Crippen molar-refractivity contribution in [1.29, 1.82) is 0 Å². The van der Waals surface area contributed by atoms with Gasteiger partial charge in [0.25, 0.3) is 0 Å². The first kappa shape index (κ1) is 13.5. The third-order valence-electron chi connectivity index (χ3n) is 3.68. The van der Waals surface area contributed by atoms with Gasteiger partial charge in [0.1, 0.15) is 11.4 Å². The number of methoxy groups -OCH3 is 1. The van der Waals surface area contributed by atoms with Gasteiger partial charge >= 0.3 is 0 Å². The number of ether oxygens (including phenoxy) is 1. The Balaban J connectivity index is 2.70.